The standard InChI is InChI=1S/C10H9NO3.CH4O3S/c12-9-6-8(10(13)11(9)14)7-4-2-1-3-5-7;1-5(2,3)4/h1-5,8,14H,6H2;1H3,(H,2,3,4). The van der Waals surface area contributed by atoms with Crippen LogP contribution in [-0.2, 0) is 19.7 Å². The summed E-state index contributed by atoms with van der Waals surface area (Å²) in [4.78, 5) is 22.4. The number of carbonyl (C=O) groups excluding carboxylic acids is 2. The Balaban J connectivity index is 0.000000312. The van der Waals surface area contributed by atoms with Crippen molar-refractivity contribution in [3.05, 3.63) is 35.9 Å². The fraction of sp³-hybridized carbons (Fsp3) is 0.273. The summed E-state index contributed by atoms with van der Waals surface area (Å²) in [6.07, 6.45) is 0.770. The van der Waals surface area contributed by atoms with Gasteiger partial charge in [-0.15, -0.1) is 0 Å². The van der Waals surface area contributed by atoms with Gasteiger partial charge in [0.2, 0.25) is 0 Å². The molecule has 0 aromatic heterocycles. The highest BCUT2D eigenvalue weighted by Crippen LogP contribution is 2.27. The van der Waals surface area contributed by atoms with Crippen LogP contribution in [-0.4, -0.2) is 41.3 Å². The van der Waals surface area contributed by atoms with Crippen LogP contribution < -0.4 is 0 Å². The summed E-state index contributed by atoms with van der Waals surface area (Å²) < 4.78 is 25.9. The van der Waals surface area contributed by atoms with Gasteiger partial charge in [0.15, 0.2) is 0 Å². The van der Waals surface area contributed by atoms with Crippen LogP contribution in [0.3, 0.4) is 0 Å². The van der Waals surface area contributed by atoms with Gasteiger partial charge in [0.1, 0.15) is 0 Å². The lowest BCUT2D eigenvalue weighted by Crippen LogP contribution is -2.26. The van der Waals surface area contributed by atoms with Crippen molar-refractivity contribution in [3.63, 3.8) is 0 Å². The number of rotatable bonds is 1. The van der Waals surface area contributed by atoms with E-state index in [1.54, 1.807) is 24.3 Å². The van der Waals surface area contributed by atoms with E-state index in [-0.39, 0.29) is 11.5 Å². The van der Waals surface area contributed by atoms with Gasteiger partial charge in [-0.05, 0) is 5.56 Å². The van der Waals surface area contributed by atoms with Crippen LogP contribution in [0, 0.1) is 0 Å². The fourth-order valence-corrected chi connectivity index (χ4v) is 1.56. The van der Waals surface area contributed by atoms with Crippen molar-refractivity contribution in [3.8, 4) is 0 Å². The van der Waals surface area contributed by atoms with E-state index in [1.165, 1.54) is 0 Å². The first-order valence-electron chi connectivity index (χ1n) is 5.23. The van der Waals surface area contributed by atoms with Crippen molar-refractivity contribution in [2.45, 2.75) is 12.3 Å². The molecule has 8 heteroatoms. The van der Waals surface area contributed by atoms with Gasteiger partial charge < -0.3 is 0 Å². The largest absolute Gasteiger partial charge is 0.286 e. The molecule has 104 valence electrons. The Kier molecular flexibility index (Phi) is 4.76. The number of benzene rings is 1. The van der Waals surface area contributed by atoms with E-state index in [0.717, 1.165) is 5.56 Å². The monoisotopic (exact) mass is 287 g/mol. The van der Waals surface area contributed by atoms with Gasteiger partial charge in [0.05, 0.1) is 12.2 Å². The zero-order chi connectivity index (χ0) is 14.6. The average molecular weight is 287 g/mol. The highest BCUT2D eigenvalue weighted by molar-refractivity contribution is 7.85. The molecule has 1 aromatic carbocycles. The van der Waals surface area contributed by atoms with Gasteiger partial charge in [-0.2, -0.15) is 13.5 Å². The zero-order valence-electron chi connectivity index (χ0n) is 10.1. The Morgan fingerprint density at radius 3 is 2.05 bits per heavy atom. The average Bonchev–Trinajstić information content (AvgIpc) is 2.56. The summed E-state index contributed by atoms with van der Waals surface area (Å²) >= 11 is 0. The molecule has 1 aromatic rings. The lowest BCUT2D eigenvalue weighted by atomic mass is 9.98. The minimum absolute atomic E-state index is 0.0549. The van der Waals surface area contributed by atoms with Gasteiger partial charge in [-0.25, -0.2) is 0 Å². The third-order valence-electron chi connectivity index (χ3n) is 2.32. The van der Waals surface area contributed by atoms with E-state index in [4.69, 9.17) is 9.76 Å². The minimum Gasteiger partial charge on any atom is -0.286 e. The highest BCUT2D eigenvalue weighted by Gasteiger charge is 2.38. The lowest BCUT2D eigenvalue weighted by molar-refractivity contribution is -0.171. The van der Waals surface area contributed by atoms with E-state index in [1.807, 2.05) is 6.07 Å². The summed E-state index contributed by atoms with van der Waals surface area (Å²) in [5, 5.41) is 9.24. The molecule has 2 N–H and O–H groups in total. The zero-order valence-corrected chi connectivity index (χ0v) is 10.9. The predicted octanol–water partition coefficient (Wildman–Crippen LogP) is 0.422. The second-order valence-corrected chi connectivity index (χ2v) is 5.41. The predicted molar refractivity (Wildman–Crippen MR) is 64.9 cm³/mol. The van der Waals surface area contributed by atoms with E-state index in [0.29, 0.717) is 6.26 Å². The van der Waals surface area contributed by atoms with Gasteiger partial charge in [0.25, 0.3) is 21.9 Å². The van der Waals surface area contributed by atoms with E-state index in [9.17, 15) is 18.0 Å². The molecule has 2 amide bonds. The number of imide groups is 1. The molecule has 0 spiro atoms. The maximum Gasteiger partial charge on any atom is 0.261 e. The first kappa shape index (κ1) is 15.3. The number of hydrogen-bond donors (Lipinski definition) is 2. The van der Waals surface area contributed by atoms with Crippen LogP contribution in [0.5, 0.6) is 0 Å². The molecule has 2 rings (SSSR count). The maximum atomic E-state index is 11.4. The Hall–Kier alpha value is -1.77. The molecule has 1 saturated heterocycles. The molecule has 1 aliphatic heterocycles. The van der Waals surface area contributed by atoms with Crippen LogP contribution in [0.2, 0.25) is 0 Å². The molecule has 0 saturated carbocycles. The third kappa shape index (κ3) is 4.78. The molecule has 0 bridgehead atoms. The van der Waals surface area contributed by atoms with Crippen molar-refractivity contribution in [1.29, 1.82) is 0 Å². The molecular formula is C11H13NO6S. The molecule has 1 atom stereocenters. The van der Waals surface area contributed by atoms with Crippen molar-refractivity contribution < 1.29 is 27.8 Å². The molecule has 1 unspecified atom stereocenters. The first-order valence-corrected chi connectivity index (χ1v) is 7.08. The quantitative estimate of drug-likeness (QED) is 0.440. The Morgan fingerprint density at radius 1 is 1.21 bits per heavy atom. The molecule has 7 nitrogen and oxygen atoms in total. The van der Waals surface area contributed by atoms with E-state index in [2.05, 4.69) is 0 Å². The number of hydrogen-bond acceptors (Lipinski definition) is 5. The Bertz CT molecular complexity index is 560. The molecule has 1 fully saturated rings. The number of carbonyl (C=O) groups is 2. The Morgan fingerprint density at radius 2 is 1.68 bits per heavy atom. The third-order valence-corrected chi connectivity index (χ3v) is 2.32. The van der Waals surface area contributed by atoms with Crippen LogP contribution in [0.1, 0.15) is 17.9 Å². The van der Waals surface area contributed by atoms with Crippen LogP contribution in [0.4, 0.5) is 0 Å². The van der Waals surface area contributed by atoms with Gasteiger partial charge in [0, 0.05) is 6.42 Å². The molecule has 1 aliphatic rings. The molecular weight excluding hydrogens is 274 g/mol. The molecule has 0 aliphatic carbocycles. The minimum atomic E-state index is -3.67. The smallest absolute Gasteiger partial charge is 0.261 e. The van der Waals surface area contributed by atoms with Gasteiger partial charge >= 0.3 is 0 Å². The van der Waals surface area contributed by atoms with Crippen molar-refractivity contribution >= 4 is 21.9 Å². The van der Waals surface area contributed by atoms with Gasteiger partial charge in [-0.1, -0.05) is 30.3 Å². The van der Waals surface area contributed by atoms with Crippen molar-refractivity contribution in [2.24, 2.45) is 0 Å². The summed E-state index contributed by atoms with van der Waals surface area (Å²) in [5.41, 5.74) is 0.766. The lowest BCUT2D eigenvalue weighted by Gasteiger charge is -2.06. The van der Waals surface area contributed by atoms with Crippen molar-refractivity contribution in [1.82, 2.24) is 5.06 Å². The SMILES string of the molecule is CS(=O)(=O)O.O=C1CC(c2ccccc2)C(=O)N1O. The second-order valence-electron chi connectivity index (χ2n) is 3.94. The molecule has 0 radical (unpaired) electrons. The van der Waals surface area contributed by atoms with Crippen LogP contribution in [0.25, 0.3) is 0 Å². The summed E-state index contributed by atoms with van der Waals surface area (Å²) in [6, 6.07) is 8.98. The number of hydroxylamine groups is 2. The van der Waals surface area contributed by atoms with Crippen molar-refractivity contribution in [2.75, 3.05) is 6.26 Å². The topological polar surface area (TPSA) is 112 Å². The molecule has 19 heavy (non-hydrogen) atoms. The van der Waals surface area contributed by atoms with Gasteiger partial charge in [-0.3, -0.25) is 19.3 Å². The number of nitrogens with zero attached hydrogens (tertiary/aromatic N) is 1. The second kappa shape index (κ2) is 5.91. The normalized spacial score (nSPS) is 19.1. The van der Waals surface area contributed by atoms with Crippen LogP contribution >= 0.6 is 0 Å². The van der Waals surface area contributed by atoms with Crippen LogP contribution in [0.15, 0.2) is 30.3 Å². The summed E-state index contributed by atoms with van der Waals surface area (Å²) in [6.45, 7) is 0. The Labute approximate surface area is 110 Å². The summed E-state index contributed by atoms with van der Waals surface area (Å²) in [5.74, 6) is -1.60. The number of amides is 2. The molecule has 1 heterocycles. The van der Waals surface area contributed by atoms with E-state index < -0.39 is 27.9 Å². The fourth-order valence-electron chi connectivity index (χ4n) is 1.56. The maximum absolute atomic E-state index is 11.4. The first-order chi connectivity index (χ1) is 8.70. The summed E-state index contributed by atoms with van der Waals surface area (Å²) in [7, 11) is -3.67. The highest BCUT2D eigenvalue weighted by atomic mass is 32.2. The van der Waals surface area contributed by atoms with E-state index >= 15 is 0 Å².